The maximum atomic E-state index is 11.6. The Morgan fingerprint density at radius 1 is 1.12 bits per heavy atom. The lowest BCUT2D eigenvalue weighted by Gasteiger charge is -2.14. The number of hydrogen-bond acceptors (Lipinski definition) is 4. The summed E-state index contributed by atoms with van der Waals surface area (Å²) >= 11 is 6.12. The largest absolute Gasteiger partial charge is 0.478 e. The van der Waals surface area contributed by atoms with Crippen LogP contribution in [0.15, 0.2) is 42.6 Å². The van der Waals surface area contributed by atoms with Crippen molar-refractivity contribution in [3.63, 3.8) is 0 Å². The van der Waals surface area contributed by atoms with Gasteiger partial charge in [-0.15, -0.1) is 0 Å². The number of aryl methyl sites for hydroxylation is 1. The van der Waals surface area contributed by atoms with E-state index < -0.39 is 11.9 Å². The predicted octanol–water partition coefficient (Wildman–Crippen LogP) is 4.34. The highest BCUT2D eigenvalue weighted by Crippen LogP contribution is 2.33. The first kappa shape index (κ1) is 16.7. The molecule has 0 amide bonds. The van der Waals surface area contributed by atoms with Crippen LogP contribution in [0.1, 0.15) is 26.3 Å². The molecule has 3 aromatic rings. The summed E-state index contributed by atoms with van der Waals surface area (Å²) in [5.74, 6) is -2.21. The van der Waals surface area contributed by atoms with Gasteiger partial charge in [-0.2, -0.15) is 0 Å². The first-order chi connectivity index (χ1) is 11.9. The van der Waals surface area contributed by atoms with E-state index in [2.05, 4.69) is 10.3 Å². The summed E-state index contributed by atoms with van der Waals surface area (Å²) in [5.41, 5.74) is 2.18. The molecule has 25 heavy (non-hydrogen) atoms. The number of rotatable bonds is 4. The van der Waals surface area contributed by atoms with Crippen molar-refractivity contribution in [2.24, 2.45) is 0 Å². The third-order valence-corrected chi connectivity index (χ3v) is 4.25. The van der Waals surface area contributed by atoms with Crippen molar-refractivity contribution in [2.75, 3.05) is 5.32 Å². The van der Waals surface area contributed by atoms with Gasteiger partial charge in [-0.05, 0) is 42.8 Å². The first-order valence-electron chi connectivity index (χ1n) is 7.30. The molecule has 0 fully saturated rings. The number of carboxylic acid groups (broad SMARTS) is 2. The Balaban J connectivity index is 2.21. The van der Waals surface area contributed by atoms with Gasteiger partial charge in [0.1, 0.15) is 5.56 Å². The van der Waals surface area contributed by atoms with Gasteiger partial charge in [0.15, 0.2) is 0 Å². The second-order valence-corrected chi connectivity index (χ2v) is 5.84. The van der Waals surface area contributed by atoms with E-state index in [0.29, 0.717) is 27.3 Å². The van der Waals surface area contributed by atoms with Crippen LogP contribution in [0.4, 0.5) is 11.4 Å². The minimum Gasteiger partial charge on any atom is -0.478 e. The molecule has 3 rings (SSSR count). The summed E-state index contributed by atoms with van der Waals surface area (Å²) in [6.07, 6.45) is 1.26. The molecule has 0 spiro atoms. The molecule has 0 saturated heterocycles. The van der Waals surface area contributed by atoms with Crippen molar-refractivity contribution in [1.29, 1.82) is 0 Å². The normalized spacial score (nSPS) is 10.6. The van der Waals surface area contributed by atoms with Gasteiger partial charge in [0.25, 0.3) is 0 Å². The number of pyridine rings is 1. The van der Waals surface area contributed by atoms with Crippen molar-refractivity contribution in [2.45, 2.75) is 6.92 Å². The lowest BCUT2D eigenvalue weighted by molar-refractivity contribution is 0.0686. The standard InChI is InChI=1S/C18H13ClN2O4/c1-9-14(19)6-5-12-15(9)20-8-13(18(24)25)16(12)21-11-4-2-3-10(7-11)17(22)23/h2-8H,1H3,(H,20,21)(H,22,23)(H,24,25). The van der Waals surface area contributed by atoms with Crippen molar-refractivity contribution < 1.29 is 19.8 Å². The maximum absolute atomic E-state index is 11.6. The van der Waals surface area contributed by atoms with E-state index in [1.807, 2.05) is 0 Å². The number of benzene rings is 2. The van der Waals surface area contributed by atoms with E-state index in [1.165, 1.54) is 18.3 Å². The molecular formula is C18H13ClN2O4. The Kier molecular flexibility index (Phi) is 4.29. The predicted molar refractivity (Wildman–Crippen MR) is 95.1 cm³/mol. The third-order valence-electron chi connectivity index (χ3n) is 3.84. The quantitative estimate of drug-likeness (QED) is 0.643. The SMILES string of the molecule is Cc1c(Cl)ccc2c(Nc3cccc(C(=O)O)c3)c(C(=O)O)cnc12. The molecule has 2 aromatic carbocycles. The molecule has 0 bridgehead atoms. The number of halogens is 1. The molecule has 0 radical (unpaired) electrons. The molecule has 7 heteroatoms. The van der Waals surface area contributed by atoms with Crippen LogP contribution in [0.5, 0.6) is 0 Å². The van der Waals surface area contributed by atoms with E-state index in [9.17, 15) is 14.7 Å². The molecule has 0 unspecified atom stereocenters. The van der Waals surface area contributed by atoms with Crippen molar-refractivity contribution >= 4 is 45.8 Å². The zero-order valence-electron chi connectivity index (χ0n) is 13.1. The Morgan fingerprint density at radius 3 is 2.56 bits per heavy atom. The average Bonchev–Trinajstić information content (AvgIpc) is 2.58. The number of carboxylic acids is 2. The molecule has 6 nitrogen and oxygen atoms in total. The summed E-state index contributed by atoms with van der Waals surface area (Å²) in [6, 6.07) is 9.49. The van der Waals surface area contributed by atoms with Crippen LogP contribution in [0, 0.1) is 6.92 Å². The second-order valence-electron chi connectivity index (χ2n) is 5.43. The molecule has 1 aromatic heterocycles. The van der Waals surface area contributed by atoms with E-state index in [1.54, 1.807) is 31.2 Å². The Labute approximate surface area is 147 Å². The van der Waals surface area contributed by atoms with Gasteiger partial charge in [-0.1, -0.05) is 17.7 Å². The van der Waals surface area contributed by atoms with Crippen LogP contribution in [0.2, 0.25) is 5.02 Å². The van der Waals surface area contributed by atoms with Gasteiger partial charge < -0.3 is 15.5 Å². The lowest BCUT2D eigenvalue weighted by atomic mass is 10.1. The van der Waals surface area contributed by atoms with E-state index in [-0.39, 0.29) is 11.1 Å². The highest BCUT2D eigenvalue weighted by atomic mass is 35.5. The number of carbonyl (C=O) groups is 2. The van der Waals surface area contributed by atoms with Crippen LogP contribution in [-0.4, -0.2) is 27.1 Å². The number of nitrogens with one attached hydrogen (secondary N) is 1. The second kappa shape index (κ2) is 6.41. The zero-order chi connectivity index (χ0) is 18.1. The van der Waals surface area contributed by atoms with Gasteiger partial charge in [-0.3, -0.25) is 4.98 Å². The van der Waals surface area contributed by atoms with E-state index in [0.717, 1.165) is 5.56 Å². The van der Waals surface area contributed by atoms with Gasteiger partial charge >= 0.3 is 11.9 Å². The molecular weight excluding hydrogens is 344 g/mol. The Bertz CT molecular complexity index is 1020. The number of fused-ring (bicyclic) bond motifs is 1. The number of anilines is 2. The summed E-state index contributed by atoms with van der Waals surface area (Å²) in [6.45, 7) is 1.80. The van der Waals surface area contributed by atoms with Gasteiger partial charge in [0, 0.05) is 22.3 Å². The fourth-order valence-electron chi connectivity index (χ4n) is 2.55. The van der Waals surface area contributed by atoms with Gasteiger partial charge in [-0.25, -0.2) is 9.59 Å². The minimum atomic E-state index is -1.14. The zero-order valence-corrected chi connectivity index (χ0v) is 13.8. The number of hydrogen-bond donors (Lipinski definition) is 3. The fourth-order valence-corrected chi connectivity index (χ4v) is 2.71. The Morgan fingerprint density at radius 2 is 1.88 bits per heavy atom. The Hall–Kier alpha value is -3.12. The lowest BCUT2D eigenvalue weighted by Crippen LogP contribution is -2.06. The molecule has 0 aliphatic heterocycles. The molecule has 0 aliphatic rings. The summed E-state index contributed by atoms with van der Waals surface area (Å²) in [5, 5.41) is 22.7. The van der Waals surface area contributed by atoms with Crippen LogP contribution < -0.4 is 5.32 Å². The molecule has 1 heterocycles. The van der Waals surface area contributed by atoms with Crippen molar-refractivity contribution in [1.82, 2.24) is 4.98 Å². The highest BCUT2D eigenvalue weighted by molar-refractivity contribution is 6.32. The third kappa shape index (κ3) is 3.12. The minimum absolute atomic E-state index is 0.0186. The van der Waals surface area contributed by atoms with Crippen LogP contribution in [0.25, 0.3) is 10.9 Å². The fraction of sp³-hybridized carbons (Fsp3) is 0.0556. The smallest absolute Gasteiger partial charge is 0.339 e. The molecule has 0 atom stereocenters. The summed E-state index contributed by atoms with van der Waals surface area (Å²) in [4.78, 5) is 26.9. The summed E-state index contributed by atoms with van der Waals surface area (Å²) < 4.78 is 0. The van der Waals surface area contributed by atoms with Crippen molar-refractivity contribution in [3.05, 3.63) is 64.3 Å². The average molecular weight is 357 g/mol. The van der Waals surface area contributed by atoms with Gasteiger partial charge in [0.05, 0.1) is 16.8 Å². The monoisotopic (exact) mass is 356 g/mol. The maximum Gasteiger partial charge on any atom is 0.339 e. The molecule has 126 valence electrons. The van der Waals surface area contributed by atoms with Crippen LogP contribution in [-0.2, 0) is 0 Å². The van der Waals surface area contributed by atoms with Crippen LogP contribution in [0.3, 0.4) is 0 Å². The summed E-state index contributed by atoms with van der Waals surface area (Å²) in [7, 11) is 0. The highest BCUT2D eigenvalue weighted by Gasteiger charge is 2.17. The van der Waals surface area contributed by atoms with E-state index in [4.69, 9.17) is 16.7 Å². The number of aromatic nitrogens is 1. The van der Waals surface area contributed by atoms with Gasteiger partial charge in [0.2, 0.25) is 0 Å². The number of aromatic carboxylic acids is 2. The molecule has 0 aliphatic carbocycles. The number of nitrogens with zero attached hydrogens (tertiary/aromatic N) is 1. The molecule has 0 saturated carbocycles. The van der Waals surface area contributed by atoms with Crippen molar-refractivity contribution in [3.8, 4) is 0 Å². The van der Waals surface area contributed by atoms with E-state index >= 15 is 0 Å². The topological polar surface area (TPSA) is 99.5 Å². The van der Waals surface area contributed by atoms with Crippen LogP contribution >= 0.6 is 11.6 Å². The first-order valence-corrected chi connectivity index (χ1v) is 7.67. The molecule has 3 N–H and O–H groups in total.